The quantitative estimate of drug-likeness (QED) is 0.733. The summed E-state index contributed by atoms with van der Waals surface area (Å²) in [5.74, 6) is 0.612. The van der Waals surface area contributed by atoms with E-state index in [0.717, 1.165) is 19.5 Å². The molecule has 0 spiro atoms. The predicted octanol–water partition coefficient (Wildman–Crippen LogP) is 2.22. The van der Waals surface area contributed by atoms with E-state index >= 15 is 0 Å². The van der Waals surface area contributed by atoms with Crippen LogP contribution in [0.3, 0.4) is 0 Å². The molecule has 1 amide bonds. The van der Waals surface area contributed by atoms with E-state index in [1.807, 2.05) is 4.90 Å². The van der Waals surface area contributed by atoms with Crippen LogP contribution in [0.4, 0.5) is 0 Å². The fourth-order valence-electron chi connectivity index (χ4n) is 1.84. The smallest absolute Gasteiger partial charge is 0.255 e. The second-order valence-corrected chi connectivity index (χ2v) is 4.41. The van der Waals surface area contributed by atoms with Gasteiger partial charge in [-0.2, -0.15) is 0 Å². The van der Waals surface area contributed by atoms with Crippen LogP contribution >= 0.6 is 11.6 Å². The molecule has 0 bridgehead atoms. The molecule has 15 heavy (non-hydrogen) atoms. The molecular formula is C11H13ClN2O. The number of nitrogens with zero attached hydrogens (tertiary/aromatic N) is 2. The lowest BCUT2D eigenvalue weighted by molar-refractivity contribution is 0.0788. The highest BCUT2D eigenvalue weighted by Crippen LogP contribution is 2.21. The molecule has 2 heterocycles. The lowest BCUT2D eigenvalue weighted by Crippen LogP contribution is -2.28. The Kier molecular flexibility index (Phi) is 2.91. The van der Waals surface area contributed by atoms with Gasteiger partial charge in [-0.15, -0.1) is 0 Å². The number of rotatable bonds is 1. The number of halogens is 1. The minimum absolute atomic E-state index is 0.0201. The molecule has 2 rings (SSSR count). The summed E-state index contributed by atoms with van der Waals surface area (Å²) < 4.78 is 0. The van der Waals surface area contributed by atoms with Crippen LogP contribution in [-0.2, 0) is 0 Å². The van der Waals surface area contributed by atoms with Crippen molar-refractivity contribution < 1.29 is 4.79 Å². The molecule has 0 radical (unpaired) electrons. The van der Waals surface area contributed by atoms with Crippen molar-refractivity contribution in [3.05, 3.63) is 29.0 Å². The van der Waals surface area contributed by atoms with Gasteiger partial charge in [0.05, 0.1) is 10.6 Å². The van der Waals surface area contributed by atoms with Crippen molar-refractivity contribution in [2.75, 3.05) is 13.1 Å². The summed E-state index contributed by atoms with van der Waals surface area (Å²) in [6.07, 6.45) is 4.18. The fraction of sp³-hybridized carbons (Fsp3) is 0.455. The van der Waals surface area contributed by atoms with Gasteiger partial charge in [-0.1, -0.05) is 18.5 Å². The first-order valence-corrected chi connectivity index (χ1v) is 5.45. The standard InChI is InChI=1S/C11H13ClN2O/c1-8-3-5-14(7-8)11(15)9-2-4-13-6-10(9)12/h2,4,6,8H,3,5,7H2,1H3. The third kappa shape index (κ3) is 2.12. The van der Waals surface area contributed by atoms with Crippen molar-refractivity contribution in [2.24, 2.45) is 5.92 Å². The van der Waals surface area contributed by atoms with Crippen LogP contribution in [0.5, 0.6) is 0 Å². The van der Waals surface area contributed by atoms with E-state index < -0.39 is 0 Å². The summed E-state index contributed by atoms with van der Waals surface area (Å²) >= 11 is 5.92. The summed E-state index contributed by atoms with van der Waals surface area (Å²) in [6.45, 7) is 3.82. The normalized spacial score (nSPS) is 20.7. The minimum Gasteiger partial charge on any atom is -0.338 e. The molecule has 1 unspecified atom stereocenters. The van der Waals surface area contributed by atoms with E-state index in [1.165, 1.54) is 6.20 Å². The third-order valence-corrected chi connectivity index (χ3v) is 3.02. The van der Waals surface area contributed by atoms with Gasteiger partial charge in [0.2, 0.25) is 0 Å². The number of hydrogen-bond acceptors (Lipinski definition) is 2. The second kappa shape index (κ2) is 4.19. The lowest BCUT2D eigenvalue weighted by atomic mass is 10.2. The highest BCUT2D eigenvalue weighted by molar-refractivity contribution is 6.33. The molecule has 80 valence electrons. The van der Waals surface area contributed by atoms with E-state index in [9.17, 15) is 4.79 Å². The monoisotopic (exact) mass is 224 g/mol. The highest BCUT2D eigenvalue weighted by Gasteiger charge is 2.25. The molecule has 0 saturated carbocycles. The highest BCUT2D eigenvalue weighted by atomic mass is 35.5. The third-order valence-electron chi connectivity index (χ3n) is 2.71. The molecule has 1 saturated heterocycles. The average Bonchev–Trinajstić information content (AvgIpc) is 2.65. The number of carbonyl (C=O) groups is 1. The van der Waals surface area contributed by atoms with Crippen molar-refractivity contribution in [1.82, 2.24) is 9.88 Å². The van der Waals surface area contributed by atoms with Crippen LogP contribution in [0.1, 0.15) is 23.7 Å². The van der Waals surface area contributed by atoms with E-state index in [1.54, 1.807) is 12.3 Å². The topological polar surface area (TPSA) is 33.2 Å². The molecule has 0 aromatic carbocycles. The maximum absolute atomic E-state index is 12.0. The van der Waals surface area contributed by atoms with Gasteiger partial charge in [0.25, 0.3) is 5.91 Å². The van der Waals surface area contributed by atoms with Crippen molar-refractivity contribution in [1.29, 1.82) is 0 Å². The molecule has 0 N–H and O–H groups in total. The number of carbonyl (C=O) groups excluding carboxylic acids is 1. The first-order valence-electron chi connectivity index (χ1n) is 5.07. The van der Waals surface area contributed by atoms with Gasteiger partial charge in [-0.05, 0) is 18.4 Å². The Morgan fingerprint density at radius 1 is 1.67 bits per heavy atom. The molecule has 3 nitrogen and oxygen atoms in total. The summed E-state index contributed by atoms with van der Waals surface area (Å²) in [5, 5.41) is 0.432. The molecule has 1 aromatic rings. The summed E-state index contributed by atoms with van der Waals surface area (Å²) in [4.78, 5) is 17.7. The van der Waals surface area contributed by atoms with Crippen molar-refractivity contribution >= 4 is 17.5 Å². The molecular weight excluding hydrogens is 212 g/mol. The zero-order valence-corrected chi connectivity index (χ0v) is 9.37. The van der Waals surface area contributed by atoms with Crippen molar-refractivity contribution in [3.8, 4) is 0 Å². The Morgan fingerprint density at radius 3 is 3.07 bits per heavy atom. The van der Waals surface area contributed by atoms with Gasteiger partial charge < -0.3 is 4.90 Å². The van der Waals surface area contributed by atoms with Gasteiger partial charge in [-0.25, -0.2) is 0 Å². The summed E-state index contributed by atoms with van der Waals surface area (Å²) in [7, 11) is 0. The SMILES string of the molecule is CC1CCN(C(=O)c2ccncc2Cl)C1. The van der Waals surface area contributed by atoms with Crippen molar-refractivity contribution in [2.45, 2.75) is 13.3 Å². The lowest BCUT2D eigenvalue weighted by Gasteiger charge is -2.16. The second-order valence-electron chi connectivity index (χ2n) is 4.00. The first-order chi connectivity index (χ1) is 7.18. The largest absolute Gasteiger partial charge is 0.338 e. The van der Waals surface area contributed by atoms with Gasteiger partial charge >= 0.3 is 0 Å². The Morgan fingerprint density at radius 2 is 2.47 bits per heavy atom. The molecule has 4 heteroatoms. The van der Waals surface area contributed by atoms with Crippen LogP contribution in [0, 0.1) is 5.92 Å². The van der Waals surface area contributed by atoms with Crippen LogP contribution in [-0.4, -0.2) is 28.9 Å². The van der Waals surface area contributed by atoms with Crippen LogP contribution in [0.15, 0.2) is 18.5 Å². The zero-order chi connectivity index (χ0) is 10.8. The first kappa shape index (κ1) is 10.4. The maximum Gasteiger partial charge on any atom is 0.255 e. The maximum atomic E-state index is 12.0. The van der Waals surface area contributed by atoms with Gasteiger partial charge in [0.15, 0.2) is 0 Å². The average molecular weight is 225 g/mol. The predicted molar refractivity (Wildman–Crippen MR) is 58.9 cm³/mol. The van der Waals surface area contributed by atoms with Crippen LogP contribution < -0.4 is 0 Å². The molecule has 1 atom stereocenters. The Labute approximate surface area is 94.1 Å². The zero-order valence-electron chi connectivity index (χ0n) is 8.61. The molecule has 1 aromatic heterocycles. The number of aromatic nitrogens is 1. The van der Waals surface area contributed by atoms with E-state index in [2.05, 4.69) is 11.9 Å². The number of amides is 1. The fourth-order valence-corrected chi connectivity index (χ4v) is 2.04. The Hall–Kier alpha value is -1.09. The molecule has 0 aliphatic carbocycles. The van der Waals surface area contributed by atoms with Crippen LogP contribution in [0.2, 0.25) is 5.02 Å². The number of hydrogen-bond donors (Lipinski definition) is 0. The van der Waals surface area contributed by atoms with Gasteiger partial charge in [-0.3, -0.25) is 9.78 Å². The summed E-state index contributed by atoms with van der Waals surface area (Å²) in [6, 6.07) is 1.67. The van der Waals surface area contributed by atoms with Gasteiger partial charge in [0.1, 0.15) is 0 Å². The molecule has 1 fully saturated rings. The van der Waals surface area contributed by atoms with E-state index in [4.69, 9.17) is 11.6 Å². The minimum atomic E-state index is 0.0201. The number of pyridine rings is 1. The Balaban J connectivity index is 2.18. The van der Waals surface area contributed by atoms with E-state index in [0.29, 0.717) is 16.5 Å². The Bertz CT molecular complexity index is 381. The number of likely N-dealkylation sites (tertiary alicyclic amines) is 1. The van der Waals surface area contributed by atoms with E-state index in [-0.39, 0.29) is 5.91 Å². The van der Waals surface area contributed by atoms with Crippen LogP contribution in [0.25, 0.3) is 0 Å². The molecule has 1 aliphatic rings. The molecule has 1 aliphatic heterocycles. The van der Waals surface area contributed by atoms with Crippen molar-refractivity contribution in [3.63, 3.8) is 0 Å². The van der Waals surface area contributed by atoms with Gasteiger partial charge in [0, 0.05) is 25.5 Å². The summed E-state index contributed by atoms with van der Waals surface area (Å²) in [5.41, 5.74) is 0.556.